The van der Waals surface area contributed by atoms with E-state index in [1.165, 1.54) is 67.6 Å². The molecule has 0 amide bonds. The lowest BCUT2D eigenvalue weighted by Crippen LogP contribution is -2.24. The molecule has 53 heavy (non-hydrogen) atoms. The number of hydrogen-bond acceptors (Lipinski definition) is 10. The second-order valence-corrected chi connectivity index (χ2v) is 12.8. The smallest absolute Gasteiger partial charge is 0.497 e. The highest BCUT2D eigenvalue weighted by molar-refractivity contribution is 5.98. The van der Waals surface area contributed by atoms with E-state index in [9.17, 15) is 28.8 Å². The minimum atomic E-state index is -1.04. The fourth-order valence-electron chi connectivity index (χ4n) is 6.31. The zero-order chi connectivity index (χ0) is 37.6. The van der Waals surface area contributed by atoms with Crippen molar-refractivity contribution < 1.29 is 28.5 Å². The lowest BCUT2D eigenvalue weighted by atomic mass is 9.78. The minimum Gasteiger partial charge on any atom is -0.497 e. The highest BCUT2D eigenvalue weighted by Crippen LogP contribution is 2.33. The van der Waals surface area contributed by atoms with Gasteiger partial charge in [0.2, 0.25) is 0 Å². The van der Waals surface area contributed by atoms with E-state index in [2.05, 4.69) is 13.8 Å². The number of esters is 1. The van der Waals surface area contributed by atoms with Crippen LogP contribution in [0.2, 0.25) is 0 Å². The first-order valence-corrected chi connectivity index (χ1v) is 16.3. The molecular weight excluding hydrogens is 680 g/mol. The summed E-state index contributed by atoms with van der Waals surface area (Å²) >= 11 is 0. The first kappa shape index (κ1) is 34.4. The van der Waals surface area contributed by atoms with Gasteiger partial charge in [-0.2, -0.15) is 0 Å². The highest BCUT2D eigenvalue weighted by atomic mass is 16.7. The molecule has 2 aromatic heterocycles. The topological polar surface area (TPSA) is 149 Å². The van der Waals surface area contributed by atoms with Crippen molar-refractivity contribution >= 4 is 33.7 Å². The van der Waals surface area contributed by atoms with E-state index in [0.29, 0.717) is 0 Å². The van der Waals surface area contributed by atoms with Crippen molar-refractivity contribution in [3.63, 3.8) is 0 Å². The number of ether oxygens (including phenoxy) is 4. The van der Waals surface area contributed by atoms with Crippen LogP contribution in [-0.4, -0.2) is 28.4 Å². The predicted molar refractivity (Wildman–Crippen MR) is 197 cm³/mol. The van der Waals surface area contributed by atoms with Crippen LogP contribution in [0.15, 0.2) is 128 Å². The monoisotopic (exact) mass is 710 g/mol. The van der Waals surface area contributed by atoms with Gasteiger partial charge in [0.15, 0.2) is 0 Å². The summed E-state index contributed by atoms with van der Waals surface area (Å²) in [6.07, 6.45) is -1.04. The van der Waals surface area contributed by atoms with Crippen molar-refractivity contribution in [2.75, 3.05) is 7.11 Å². The fraction of sp³-hybridized carbons (Fsp3) is 0.122. The molecule has 2 heterocycles. The van der Waals surface area contributed by atoms with Crippen molar-refractivity contribution in [3.8, 4) is 34.4 Å². The Kier molecular flexibility index (Phi) is 8.58. The zero-order valence-corrected chi connectivity index (χ0v) is 28.9. The molecule has 12 heteroatoms. The summed E-state index contributed by atoms with van der Waals surface area (Å²) in [6, 6.07) is 28.9. The molecule has 0 atom stereocenters. The summed E-state index contributed by atoms with van der Waals surface area (Å²) in [5, 5.41) is -0.275. The van der Waals surface area contributed by atoms with Gasteiger partial charge < -0.3 is 18.9 Å². The fourth-order valence-corrected chi connectivity index (χ4v) is 6.31. The van der Waals surface area contributed by atoms with Crippen LogP contribution in [0, 0.1) is 0 Å². The van der Waals surface area contributed by atoms with Gasteiger partial charge in [-0.15, -0.1) is 0 Å². The van der Waals surface area contributed by atoms with Gasteiger partial charge >= 0.3 is 12.1 Å². The van der Waals surface area contributed by atoms with Gasteiger partial charge in [0, 0.05) is 24.5 Å². The molecule has 0 fully saturated rings. The Morgan fingerprint density at radius 1 is 0.509 bits per heavy atom. The Morgan fingerprint density at radius 2 is 0.906 bits per heavy atom. The number of carbonyl (C=O) groups excluding carboxylic acids is 2. The van der Waals surface area contributed by atoms with Crippen LogP contribution < -0.4 is 41.2 Å². The average Bonchev–Trinajstić information content (AvgIpc) is 3.53. The van der Waals surface area contributed by atoms with E-state index >= 15 is 0 Å². The largest absolute Gasteiger partial charge is 0.519 e. The van der Waals surface area contributed by atoms with Gasteiger partial charge in [0.1, 0.15) is 23.0 Å². The van der Waals surface area contributed by atoms with Gasteiger partial charge in [-0.25, -0.2) is 13.9 Å². The number of benzene rings is 5. The maximum atomic E-state index is 13.6. The van der Waals surface area contributed by atoms with E-state index in [1.807, 2.05) is 36.4 Å². The van der Waals surface area contributed by atoms with Gasteiger partial charge in [0.25, 0.3) is 22.2 Å². The van der Waals surface area contributed by atoms with Crippen LogP contribution in [0.3, 0.4) is 0 Å². The summed E-state index contributed by atoms with van der Waals surface area (Å²) in [7, 11) is 1.61. The third-order valence-electron chi connectivity index (χ3n) is 9.09. The molecular formula is C41H30N2O10. The molecule has 12 nitrogen and oxygen atoms in total. The number of nitrogens with zero attached hydrogens (tertiary/aromatic N) is 2. The van der Waals surface area contributed by atoms with Gasteiger partial charge in [-0.1, -0.05) is 50.2 Å². The number of fused-ring (bicyclic) bond motifs is 2. The average molecular weight is 711 g/mol. The highest BCUT2D eigenvalue weighted by Gasteiger charge is 2.24. The van der Waals surface area contributed by atoms with Crippen molar-refractivity contribution in [3.05, 3.63) is 162 Å². The number of methoxy groups -OCH3 is 1. The summed E-state index contributed by atoms with van der Waals surface area (Å²) in [4.78, 5) is 78.2. The number of hydrogen-bond donors (Lipinski definition) is 0. The second kappa shape index (κ2) is 13.2. The summed E-state index contributed by atoms with van der Waals surface area (Å²) in [5.41, 5.74) is -0.944. The summed E-state index contributed by atoms with van der Waals surface area (Å²) < 4.78 is 22.9. The predicted octanol–water partition coefficient (Wildman–Crippen LogP) is 5.73. The van der Waals surface area contributed by atoms with Crippen molar-refractivity contribution in [1.82, 2.24) is 9.13 Å². The van der Waals surface area contributed by atoms with E-state index < -0.39 is 34.4 Å². The molecule has 0 aliphatic rings. The van der Waals surface area contributed by atoms with Gasteiger partial charge in [-0.3, -0.25) is 24.0 Å². The first-order valence-electron chi connectivity index (χ1n) is 16.3. The Bertz CT molecular complexity index is 2710. The standard InChI is InChI=1S/C41H30N2O10/c1-23(44)51-30-9-5-7-26(19-30)42-36(45)32-21-34-35(22-33(32)37(42)46)39(48)43(38(34)47)27-8-6-10-31(20-27)53-40(49)52-29-17-13-25(14-18-29)41(2,3)24-11-15-28(50-4)16-12-24/h5-22H,1-4H3. The first-order chi connectivity index (χ1) is 25.3. The molecule has 7 rings (SSSR count). The molecule has 0 bridgehead atoms. The molecule has 0 unspecified atom stereocenters. The number of rotatable bonds is 8. The second-order valence-electron chi connectivity index (χ2n) is 12.8. The lowest BCUT2D eigenvalue weighted by molar-refractivity contribution is -0.131. The third kappa shape index (κ3) is 6.27. The van der Waals surface area contributed by atoms with Crippen LogP contribution in [0.1, 0.15) is 31.9 Å². The van der Waals surface area contributed by atoms with Crippen molar-refractivity contribution in [2.45, 2.75) is 26.2 Å². The Morgan fingerprint density at radius 3 is 1.32 bits per heavy atom. The molecule has 7 aromatic rings. The molecule has 0 radical (unpaired) electrons. The molecule has 5 aromatic carbocycles. The molecule has 0 saturated carbocycles. The van der Waals surface area contributed by atoms with E-state index in [-0.39, 0.29) is 55.6 Å². The molecule has 264 valence electrons. The molecule has 0 saturated heterocycles. The van der Waals surface area contributed by atoms with E-state index in [1.54, 1.807) is 19.2 Å². The maximum absolute atomic E-state index is 13.6. The van der Waals surface area contributed by atoms with E-state index in [4.69, 9.17) is 18.9 Å². The summed E-state index contributed by atoms with van der Waals surface area (Å²) in [5.74, 6) is 0.561. The quantitative estimate of drug-likeness (QED) is 0.109. The van der Waals surface area contributed by atoms with Gasteiger partial charge in [-0.05, 0) is 71.8 Å². The number of aromatic nitrogens is 2. The Labute approximate surface area is 300 Å². The minimum absolute atomic E-state index is 0.000732. The lowest BCUT2D eigenvalue weighted by Gasteiger charge is -2.26. The third-order valence-corrected chi connectivity index (χ3v) is 9.09. The summed E-state index contributed by atoms with van der Waals surface area (Å²) in [6.45, 7) is 5.38. The number of carbonyl (C=O) groups is 2. The normalized spacial score (nSPS) is 11.5. The van der Waals surface area contributed by atoms with Crippen LogP contribution in [0.25, 0.3) is 32.9 Å². The van der Waals surface area contributed by atoms with Crippen LogP contribution in [-0.2, 0) is 10.2 Å². The SMILES string of the molecule is COc1ccc(C(C)(C)c2ccc(OC(=O)Oc3cccc(-n4c(=O)c5cc6c(=O)n(-c7cccc(OC(C)=O)c7)c(=O)c6cc5c4=O)c3)cc2)cc1. The van der Waals surface area contributed by atoms with Crippen molar-refractivity contribution in [2.24, 2.45) is 0 Å². The van der Waals surface area contributed by atoms with Crippen LogP contribution in [0.5, 0.6) is 23.0 Å². The Hall–Kier alpha value is -7.08. The zero-order valence-electron chi connectivity index (χ0n) is 28.9. The van der Waals surface area contributed by atoms with E-state index in [0.717, 1.165) is 26.0 Å². The Balaban J connectivity index is 1.13. The van der Waals surface area contributed by atoms with Crippen molar-refractivity contribution in [1.29, 1.82) is 0 Å². The van der Waals surface area contributed by atoms with Crippen LogP contribution in [0.4, 0.5) is 4.79 Å². The maximum Gasteiger partial charge on any atom is 0.519 e. The molecule has 0 spiro atoms. The van der Waals surface area contributed by atoms with Gasteiger partial charge in [0.05, 0.1) is 40.0 Å². The van der Waals surface area contributed by atoms with Crippen LogP contribution >= 0.6 is 0 Å². The molecule has 0 N–H and O–H groups in total. The molecule has 0 aliphatic carbocycles. The molecule has 0 aliphatic heterocycles.